The molecule has 1 aliphatic heterocycles. The summed E-state index contributed by atoms with van der Waals surface area (Å²) >= 11 is 1.43. The first-order valence-corrected chi connectivity index (χ1v) is 8.77. The number of hydrogen-bond acceptors (Lipinski definition) is 6. The first-order chi connectivity index (χ1) is 11.5. The van der Waals surface area contributed by atoms with Crippen molar-refractivity contribution in [2.24, 2.45) is 0 Å². The molecule has 128 valence electrons. The Morgan fingerprint density at radius 2 is 2.12 bits per heavy atom. The molecule has 0 saturated carbocycles. The molecule has 0 aliphatic carbocycles. The molecule has 8 heteroatoms. The first kappa shape index (κ1) is 16.6. The van der Waals surface area contributed by atoms with E-state index >= 15 is 0 Å². The number of aryl methyl sites for hydroxylation is 1. The maximum atomic E-state index is 12.6. The van der Waals surface area contributed by atoms with Crippen LogP contribution in [0.15, 0.2) is 16.7 Å². The number of aromatic nitrogens is 2. The zero-order valence-corrected chi connectivity index (χ0v) is 14.6. The molecule has 2 aromatic rings. The van der Waals surface area contributed by atoms with E-state index in [9.17, 15) is 9.59 Å². The summed E-state index contributed by atoms with van der Waals surface area (Å²) in [4.78, 5) is 31.4. The topological polar surface area (TPSA) is 88.3 Å². The maximum absolute atomic E-state index is 12.6. The van der Waals surface area contributed by atoms with Gasteiger partial charge in [0.2, 0.25) is 11.8 Å². The molecule has 0 atom stereocenters. The summed E-state index contributed by atoms with van der Waals surface area (Å²) in [6.45, 7) is 5.12. The van der Waals surface area contributed by atoms with E-state index in [1.807, 2.05) is 17.0 Å². The van der Waals surface area contributed by atoms with Gasteiger partial charge in [-0.1, -0.05) is 5.16 Å². The van der Waals surface area contributed by atoms with E-state index in [2.05, 4.69) is 15.5 Å². The molecule has 1 saturated heterocycles. The second-order valence-electron chi connectivity index (χ2n) is 5.92. The number of likely N-dealkylation sites (tertiary alicyclic amines) is 1. The van der Waals surface area contributed by atoms with Gasteiger partial charge in [-0.2, -0.15) is 4.98 Å². The molecule has 0 bridgehead atoms. The number of hydrogen-bond donors (Lipinski definition) is 1. The molecule has 7 nitrogen and oxygen atoms in total. The van der Waals surface area contributed by atoms with Gasteiger partial charge in [0.15, 0.2) is 5.82 Å². The minimum absolute atomic E-state index is 0.0502. The Kier molecular flexibility index (Phi) is 4.94. The molecular weight excluding hydrogens is 328 g/mol. The predicted octanol–water partition coefficient (Wildman–Crippen LogP) is 2.10. The van der Waals surface area contributed by atoms with Crippen LogP contribution in [0.25, 0.3) is 0 Å². The Morgan fingerprint density at radius 3 is 2.75 bits per heavy atom. The molecule has 1 fully saturated rings. The largest absolute Gasteiger partial charge is 0.351 e. The van der Waals surface area contributed by atoms with Crippen LogP contribution in [0.1, 0.15) is 51.9 Å². The predicted molar refractivity (Wildman–Crippen MR) is 88.8 cm³/mol. The monoisotopic (exact) mass is 348 g/mol. The lowest BCUT2D eigenvalue weighted by atomic mass is 9.96. The lowest BCUT2D eigenvalue weighted by Gasteiger charge is -2.30. The van der Waals surface area contributed by atoms with Crippen molar-refractivity contribution in [1.29, 1.82) is 0 Å². The molecule has 0 spiro atoms. The molecule has 0 unspecified atom stereocenters. The van der Waals surface area contributed by atoms with Crippen LogP contribution in [0.5, 0.6) is 0 Å². The number of amides is 2. The third-order valence-corrected chi connectivity index (χ3v) is 5.13. The number of nitrogens with one attached hydrogen (secondary N) is 1. The number of carbonyl (C=O) groups excluding carboxylic acids is 2. The smallest absolute Gasteiger partial charge is 0.263 e. The van der Waals surface area contributed by atoms with Crippen molar-refractivity contribution in [3.63, 3.8) is 0 Å². The Balaban J connectivity index is 1.56. The SMILES string of the molecule is CC(=O)NCc1ccc(C(=O)N2CCC(c3nc(C)no3)CC2)s1. The molecule has 0 radical (unpaired) electrons. The highest BCUT2D eigenvalue weighted by atomic mass is 32.1. The molecular formula is C16H20N4O3S. The van der Waals surface area contributed by atoms with E-state index in [0.29, 0.717) is 36.2 Å². The Bertz CT molecular complexity index is 731. The fourth-order valence-corrected chi connectivity index (χ4v) is 3.68. The van der Waals surface area contributed by atoms with Crippen LogP contribution >= 0.6 is 11.3 Å². The summed E-state index contributed by atoms with van der Waals surface area (Å²) in [7, 11) is 0. The number of piperidine rings is 1. The van der Waals surface area contributed by atoms with Gasteiger partial charge in [-0.25, -0.2) is 0 Å². The van der Waals surface area contributed by atoms with Crippen molar-refractivity contribution in [2.75, 3.05) is 13.1 Å². The molecule has 24 heavy (non-hydrogen) atoms. The van der Waals surface area contributed by atoms with Gasteiger partial charge in [0, 0.05) is 30.8 Å². The first-order valence-electron chi connectivity index (χ1n) is 7.95. The Morgan fingerprint density at radius 1 is 1.38 bits per heavy atom. The van der Waals surface area contributed by atoms with Crippen LogP contribution in [0.3, 0.4) is 0 Å². The third kappa shape index (κ3) is 3.81. The van der Waals surface area contributed by atoms with Crippen molar-refractivity contribution in [3.05, 3.63) is 33.6 Å². The molecule has 2 aromatic heterocycles. The molecule has 1 aliphatic rings. The van der Waals surface area contributed by atoms with E-state index in [0.717, 1.165) is 17.7 Å². The highest BCUT2D eigenvalue weighted by molar-refractivity contribution is 7.14. The van der Waals surface area contributed by atoms with Crippen LogP contribution in [0.4, 0.5) is 0 Å². The maximum Gasteiger partial charge on any atom is 0.263 e. The normalized spacial score (nSPS) is 15.5. The summed E-state index contributed by atoms with van der Waals surface area (Å²) in [5.41, 5.74) is 0. The third-order valence-electron chi connectivity index (χ3n) is 4.06. The van der Waals surface area contributed by atoms with Crippen LogP contribution in [0.2, 0.25) is 0 Å². The van der Waals surface area contributed by atoms with Gasteiger partial charge in [-0.3, -0.25) is 9.59 Å². The average molecular weight is 348 g/mol. The van der Waals surface area contributed by atoms with Crippen LogP contribution in [-0.4, -0.2) is 39.9 Å². The fraction of sp³-hybridized carbons (Fsp3) is 0.500. The number of carbonyl (C=O) groups is 2. The zero-order chi connectivity index (χ0) is 17.1. The van der Waals surface area contributed by atoms with E-state index in [-0.39, 0.29) is 17.7 Å². The standard InChI is InChI=1S/C16H20N4O3S/c1-10-18-15(23-19-10)12-5-7-20(8-6-12)16(22)14-4-3-13(24-14)9-17-11(2)21/h3-4,12H,5-9H2,1-2H3,(H,17,21). The van der Waals surface area contributed by atoms with Crippen LogP contribution in [-0.2, 0) is 11.3 Å². The van der Waals surface area contributed by atoms with Crippen LogP contribution < -0.4 is 5.32 Å². The number of rotatable bonds is 4. The van der Waals surface area contributed by atoms with Gasteiger partial charge in [0.25, 0.3) is 5.91 Å². The second kappa shape index (κ2) is 7.12. The number of thiophene rings is 1. The van der Waals surface area contributed by atoms with E-state index < -0.39 is 0 Å². The van der Waals surface area contributed by atoms with Crippen LogP contribution in [0, 0.1) is 6.92 Å². The summed E-state index contributed by atoms with van der Waals surface area (Å²) in [5, 5.41) is 6.57. The highest BCUT2D eigenvalue weighted by Crippen LogP contribution is 2.28. The Labute approximate surface area is 144 Å². The van der Waals surface area contributed by atoms with Crippen molar-refractivity contribution in [3.8, 4) is 0 Å². The van der Waals surface area contributed by atoms with Gasteiger partial charge < -0.3 is 14.7 Å². The zero-order valence-electron chi connectivity index (χ0n) is 13.7. The number of nitrogens with zero attached hydrogens (tertiary/aromatic N) is 3. The summed E-state index contributed by atoms with van der Waals surface area (Å²) in [6, 6.07) is 3.72. The molecule has 2 amide bonds. The van der Waals surface area contributed by atoms with Crippen molar-refractivity contribution in [2.45, 2.75) is 39.2 Å². The lowest BCUT2D eigenvalue weighted by molar-refractivity contribution is -0.119. The summed E-state index contributed by atoms with van der Waals surface area (Å²) in [5.74, 6) is 1.53. The molecule has 3 rings (SSSR count). The van der Waals surface area contributed by atoms with Crippen molar-refractivity contribution >= 4 is 23.2 Å². The van der Waals surface area contributed by atoms with Crippen molar-refractivity contribution in [1.82, 2.24) is 20.4 Å². The highest BCUT2D eigenvalue weighted by Gasteiger charge is 2.28. The lowest BCUT2D eigenvalue weighted by Crippen LogP contribution is -2.37. The minimum Gasteiger partial charge on any atom is -0.351 e. The van der Waals surface area contributed by atoms with E-state index in [1.54, 1.807) is 6.92 Å². The van der Waals surface area contributed by atoms with E-state index in [4.69, 9.17) is 4.52 Å². The summed E-state index contributed by atoms with van der Waals surface area (Å²) in [6.07, 6.45) is 1.66. The van der Waals surface area contributed by atoms with Gasteiger partial charge in [0.05, 0.1) is 11.4 Å². The van der Waals surface area contributed by atoms with Gasteiger partial charge in [-0.05, 0) is 31.9 Å². The molecule has 3 heterocycles. The fourth-order valence-electron chi connectivity index (χ4n) is 2.76. The van der Waals surface area contributed by atoms with Gasteiger partial charge in [0.1, 0.15) is 0 Å². The molecule has 1 N–H and O–H groups in total. The summed E-state index contributed by atoms with van der Waals surface area (Å²) < 4.78 is 5.24. The molecule has 0 aromatic carbocycles. The van der Waals surface area contributed by atoms with Crippen molar-refractivity contribution < 1.29 is 14.1 Å². The Hall–Kier alpha value is -2.22. The quantitative estimate of drug-likeness (QED) is 0.914. The van der Waals surface area contributed by atoms with Gasteiger partial charge in [-0.15, -0.1) is 11.3 Å². The minimum atomic E-state index is -0.0744. The second-order valence-corrected chi connectivity index (χ2v) is 7.09. The van der Waals surface area contributed by atoms with E-state index in [1.165, 1.54) is 18.3 Å². The average Bonchev–Trinajstić information content (AvgIpc) is 3.21. The van der Waals surface area contributed by atoms with Gasteiger partial charge >= 0.3 is 0 Å².